The number of ether oxygens (including phenoxy) is 1. The van der Waals surface area contributed by atoms with Crippen LogP contribution in [0.4, 0.5) is 9.18 Å². The molecule has 0 spiro atoms. The van der Waals surface area contributed by atoms with Crippen molar-refractivity contribution in [2.45, 2.75) is 13.0 Å². The van der Waals surface area contributed by atoms with Gasteiger partial charge in [-0.15, -0.1) is 6.58 Å². The molecule has 1 atom stereocenters. The first-order valence-corrected chi connectivity index (χ1v) is 12.8. The monoisotopic (exact) mass is 540 g/mol. The highest BCUT2D eigenvalue weighted by Gasteiger charge is 2.39. The Morgan fingerprint density at radius 1 is 1.16 bits per heavy atom. The molecule has 2 aromatic carbocycles. The standard InChI is InChI=1S/C28H30ClFN4O4/c1-3-12-34-23(18-32-13-15-33(16-14-32)26(35)19-8-7-9-20(30)17-19)24(27(36)38-4-2)25(31-28(34)37)21-10-5-6-11-22(21)29/h3,5-11,17,25H,1,4,12-16,18H2,2H3,(H,31,37). The lowest BCUT2D eigenvalue weighted by atomic mass is 9.94. The van der Waals surface area contributed by atoms with Crippen molar-refractivity contribution in [1.82, 2.24) is 20.0 Å². The Kier molecular flexibility index (Phi) is 8.81. The number of esters is 1. The van der Waals surface area contributed by atoms with Crippen molar-refractivity contribution in [3.05, 3.63) is 94.4 Å². The number of urea groups is 1. The van der Waals surface area contributed by atoms with Crippen molar-refractivity contribution < 1.29 is 23.5 Å². The molecule has 2 heterocycles. The summed E-state index contributed by atoms with van der Waals surface area (Å²) in [6.07, 6.45) is 1.59. The Morgan fingerprint density at radius 2 is 1.89 bits per heavy atom. The van der Waals surface area contributed by atoms with E-state index in [0.29, 0.717) is 53.6 Å². The molecule has 0 radical (unpaired) electrons. The molecule has 0 aliphatic carbocycles. The molecule has 3 amide bonds. The molecule has 1 N–H and O–H groups in total. The van der Waals surface area contributed by atoms with Gasteiger partial charge in [0.25, 0.3) is 5.91 Å². The van der Waals surface area contributed by atoms with Crippen molar-refractivity contribution in [3.8, 4) is 0 Å². The maximum atomic E-state index is 13.6. The van der Waals surface area contributed by atoms with Crippen LogP contribution in [0.1, 0.15) is 28.9 Å². The zero-order chi connectivity index (χ0) is 27.2. The van der Waals surface area contributed by atoms with Gasteiger partial charge in [0.1, 0.15) is 5.82 Å². The second-order valence-electron chi connectivity index (χ2n) is 8.96. The summed E-state index contributed by atoms with van der Waals surface area (Å²) in [5, 5.41) is 3.32. The van der Waals surface area contributed by atoms with E-state index in [-0.39, 0.29) is 31.6 Å². The Hall–Kier alpha value is -3.69. The molecule has 4 rings (SSSR count). The van der Waals surface area contributed by atoms with E-state index in [1.54, 1.807) is 48.2 Å². The first-order chi connectivity index (χ1) is 18.3. The van der Waals surface area contributed by atoms with Gasteiger partial charge in [0.05, 0.1) is 18.2 Å². The average molecular weight is 541 g/mol. The smallest absolute Gasteiger partial charge is 0.338 e. The van der Waals surface area contributed by atoms with E-state index in [1.165, 1.54) is 23.1 Å². The number of nitrogens with zero attached hydrogens (tertiary/aromatic N) is 3. The van der Waals surface area contributed by atoms with E-state index >= 15 is 0 Å². The lowest BCUT2D eigenvalue weighted by molar-refractivity contribution is -0.139. The number of piperazine rings is 1. The molecular formula is C28H30ClFN4O4. The SMILES string of the molecule is C=CCN1C(=O)NC(c2ccccc2Cl)C(C(=O)OCC)=C1CN1CCN(C(=O)c2cccc(F)c2)CC1. The Bertz CT molecular complexity index is 1260. The van der Waals surface area contributed by atoms with Crippen LogP contribution in [0.3, 0.4) is 0 Å². The number of hydrogen-bond donors (Lipinski definition) is 1. The molecule has 2 aliphatic rings. The van der Waals surface area contributed by atoms with E-state index in [4.69, 9.17) is 16.3 Å². The average Bonchev–Trinajstić information content (AvgIpc) is 2.91. The lowest BCUT2D eigenvalue weighted by Crippen LogP contribution is -2.54. The minimum Gasteiger partial charge on any atom is -0.463 e. The van der Waals surface area contributed by atoms with Gasteiger partial charge in [-0.3, -0.25) is 14.6 Å². The fourth-order valence-corrected chi connectivity index (χ4v) is 4.96. The van der Waals surface area contributed by atoms with Crippen LogP contribution in [-0.4, -0.2) is 78.5 Å². The highest BCUT2D eigenvalue weighted by Crippen LogP contribution is 2.35. The summed E-state index contributed by atoms with van der Waals surface area (Å²) >= 11 is 6.47. The number of halogens is 2. The molecule has 8 nitrogen and oxygen atoms in total. The molecule has 2 aliphatic heterocycles. The molecule has 2 aromatic rings. The van der Waals surface area contributed by atoms with E-state index in [9.17, 15) is 18.8 Å². The second-order valence-corrected chi connectivity index (χ2v) is 9.37. The van der Waals surface area contributed by atoms with Crippen molar-refractivity contribution in [3.63, 3.8) is 0 Å². The zero-order valence-corrected chi connectivity index (χ0v) is 21.9. The normalized spacial score (nSPS) is 18.3. The number of rotatable bonds is 8. The van der Waals surface area contributed by atoms with Crippen LogP contribution in [0.25, 0.3) is 0 Å². The minimum atomic E-state index is -0.790. The molecule has 1 unspecified atom stereocenters. The largest absolute Gasteiger partial charge is 0.463 e. The maximum absolute atomic E-state index is 13.6. The zero-order valence-electron chi connectivity index (χ0n) is 21.2. The van der Waals surface area contributed by atoms with E-state index < -0.39 is 17.8 Å². The van der Waals surface area contributed by atoms with E-state index in [2.05, 4.69) is 16.8 Å². The first-order valence-electron chi connectivity index (χ1n) is 12.4. The summed E-state index contributed by atoms with van der Waals surface area (Å²) in [5.74, 6) is -1.24. The number of amides is 3. The highest BCUT2D eigenvalue weighted by atomic mass is 35.5. The van der Waals surface area contributed by atoms with Gasteiger partial charge in [-0.2, -0.15) is 0 Å². The van der Waals surface area contributed by atoms with Crippen molar-refractivity contribution in [2.24, 2.45) is 0 Å². The van der Waals surface area contributed by atoms with Gasteiger partial charge in [0, 0.05) is 55.6 Å². The number of hydrogen-bond acceptors (Lipinski definition) is 5. The molecular weight excluding hydrogens is 511 g/mol. The van der Waals surface area contributed by atoms with Crippen molar-refractivity contribution in [1.29, 1.82) is 0 Å². The number of nitrogens with one attached hydrogen (secondary N) is 1. The number of carbonyl (C=O) groups excluding carboxylic acids is 3. The van der Waals surface area contributed by atoms with Crippen LogP contribution in [0.5, 0.6) is 0 Å². The third-order valence-corrected chi connectivity index (χ3v) is 6.91. The van der Waals surface area contributed by atoms with Gasteiger partial charge >= 0.3 is 12.0 Å². The third kappa shape index (κ3) is 5.89. The minimum absolute atomic E-state index is 0.168. The van der Waals surface area contributed by atoms with Gasteiger partial charge in [-0.25, -0.2) is 14.0 Å². The molecule has 0 bridgehead atoms. The summed E-state index contributed by atoms with van der Waals surface area (Å²) in [6, 6.07) is 11.5. The summed E-state index contributed by atoms with van der Waals surface area (Å²) < 4.78 is 19.0. The maximum Gasteiger partial charge on any atom is 0.338 e. The van der Waals surface area contributed by atoms with Crippen LogP contribution < -0.4 is 5.32 Å². The Balaban J connectivity index is 1.62. The number of benzene rings is 2. The first kappa shape index (κ1) is 27.3. The predicted molar refractivity (Wildman–Crippen MR) is 142 cm³/mol. The Labute approximate surface area is 226 Å². The van der Waals surface area contributed by atoms with Gasteiger partial charge in [-0.1, -0.05) is 41.9 Å². The van der Waals surface area contributed by atoms with Crippen LogP contribution in [0, 0.1) is 5.82 Å². The van der Waals surface area contributed by atoms with Crippen LogP contribution in [0.2, 0.25) is 5.02 Å². The predicted octanol–water partition coefficient (Wildman–Crippen LogP) is 4.01. The molecule has 10 heteroatoms. The molecule has 1 fully saturated rings. The van der Waals surface area contributed by atoms with Crippen LogP contribution >= 0.6 is 11.6 Å². The summed E-state index contributed by atoms with van der Waals surface area (Å²) in [5.41, 5.74) is 1.70. The second kappa shape index (κ2) is 12.2. The molecule has 38 heavy (non-hydrogen) atoms. The highest BCUT2D eigenvalue weighted by molar-refractivity contribution is 6.31. The van der Waals surface area contributed by atoms with Crippen molar-refractivity contribution in [2.75, 3.05) is 45.9 Å². The van der Waals surface area contributed by atoms with Crippen LogP contribution in [0.15, 0.2) is 72.5 Å². The van der Waals surface area contributed by atoms with E-state index in [1.807, 2.05) is 0 Å². The third-order valence-electron chi connectivity index (χ3n) is 6.57. The Morgan fingerprint density at radius 3 is 2.55 bits per heavy atom. The van der Waals surface area contributed by atoms with Gasteiger partial charge in [0.15, 0.2) is 0 Å². The topological polar surface area (TPSA) is 82.2 Å². The summed E-state index contributed by atoms with van der Waals surface area (Å²) in [6.45, 7) is 7.96. The molecule has 0 aromatic heterocycles. The van der Waals surface area contributed by atoms with Crippen molar-refractivity contribution >= 4 is 29.5 Å². The molecule has 200 valence electrons. The summed E-state index contributed by atoms with van der Waals surface area (Å²) in [4.78, 5) is 44.6. The fraction of sp³-hybridized carbons (Fsp3) is 0.321. The fourth-order valence-electron chi connectivity index (χ4n) is 4.71. The number of carbonyl (C=O) groups is 3. The van der Waals surface area contributed by atoms with Gasteiger partial charge in [-0.05, 0) is 36.8 Å². The van der Waals surface area contributed by atoms with Gasteiger partial charge < -0.3 is 15.0 Å². The van der Waals surface area contributed by atoms with E-state index in [0.717, 1.165) is 0 Å². The lowest BCUT2D eigenvalue weighted by Gasteiger charge is -2.40. The summed E-state index contributed by atoms with van der Waals surface area (Å²) in [7, 11) is 0. The molecule has 0 saturated carbocycles. The quantitative estimate of drug-likeness (QED) is 0.404. The van der Waals surface area contributed by atoms with Crippen LogP contribution in [-0.2, 0) is 9.53 Å². The van der Waals surface area contributed by atoms with Gasteiger partial charge in [0.2, 0.25) is 0 Å². The molecule has 1 saturated heterocycles.